The molecule has 2 aromatic rings. The molecule has 0 radical (unpaired) electrons. The number of carbonyl (C=O) groups excluding carboxylic acids is 1. The Labute approximate surface area is 123 Å². The van der Waals surface area contributed by atoms with Crippen molar-refractivity contribution < 1.29 is 4.79 Å². The van der Waals surface area contributed by atoms with Crippen molar-refractivity contribution in [2.24, 2.45) is 0 Å². The Hall–Kier alpha value is -1.94. The number of rotatable bonds is 5. The van der Waals surface area contributed by atoms with Gasteiger partial charge in [-0.2, -0.15) is 0 Å². The van der Waals surface area contributed by atoms with E-state index in [1.165, 1.54) is 5.56 Å². The molecule has 3 nitrogen and oxygen atoms in total. The summed E-state index contributed by atoms with van der Waals surface area (Å²) in [5.41, 5.74) is 9.44. The molecular formula is C16H18N2OS. The number of hydrogen-bond acceptors (Lipinski definition) is 3. The molecule has 0 aromatic heterocycles. The van der Waals surface area contributed by atoms with E-state index < -0.39 is 0 Å². The van der Waals surface area contributed by atoms with Crippen LogP contribution in [-0.4, -0.2) is 11.7 Å². The van der Waals surface area contributed by atoms with Gasteiger partial charge in [0.2, 0.25) is 5.91 Å². The Bertz CT molecular complexity index is 584. The van der Waals surface area contributed by atoms with E-state index in [0.29, 0.717) is 11.4 Å². The smallest absolute Gasteiger partial charge is 0.234 e. The lowest BCUT2D eigenvalue weighted by atomic mass is 10.1. The Morgan fingerprint density at radius 3 is 2.65 bits per heavy atom. The summed E-state index contributed by atoms with van der Waals surface area (Å²) >= 11 is 1.60. The molecule has 3 N–H and O–H groups in total. The first-order chi connectivity index (χ1) is 9.66. The van der Waals surface area contributed by atoms with Gasteiger partial charge >= 0.3 is 0 Å². The lowest BCUT2D eigenvalue weighted by molar-refractivity contribution is -0.113. The van der Waals surface area contributed by atoms with Crippen molar-refractivity contribution in [3.63, 3.8) is 0 Å². The van der Waals surface area contributed by atoms with Gasteiger partial charge in [0.1, 0.15) is 0 Å². The van der Waals surface area contributed by atoms with Crippen LogP contribution in [0.25, 0.3) is 0 Å². The summed E-state index contributed by atoms with van der Waals surface area (Å²) in [7, 11) is 0. The number of carbonyl (C=O) groups is 1. The topological polar surface area (TPSA) is 55.1 Å². The highest BCUT2D eigenvalue weighted by Crippen LogP contribution is 2.21. The standard InChI is InChI=1S/C16H18N2OS/c1-12-14(17)8-5-9-15(12)18-16(19)11-20-10-13-6-3-2-4-7-13/h2-9H,10-11,17H2,1H3,(H,18,19). The average Bonchev–Trinajstić information content (AvgIpc) is 2.45. The fourth-order valence-corrected chi connectivity index (χ4v) is 2.60. The molecule has 1 amide bonds. The highest BCUT2D eigenvalue weighted by atomic mass is 32.2. The van der Waals surface area contributed by atoms with Crippen LogP contribution in [0.3, 0.4) is 0 Å². The number of hydrogen-bond donors (Lipinski definition) is 2. The fraction of sp³-hybridized carbons (Fsp3) is 0.188. The molecule has 0 spiro atoms. The minimum absolute atomic E-state index is 0.000342. The number of benzene rings is 2. The van der Waals surface area contributed by atoms with E-state index in [0.717, 1.165) is 17.0 Å². The third-order valence-corrected chi connectivity index (χ3v) is 4.00. The van der Waals surface area contributed by atoms with Gasteiger partial charge in [0, 0.05) is 17.1 Å². The maximum Gasteiger partial charge on any atom is 0.234 e. The molecule has 0 fully saturated rings. The minimum atomic E-state index is -0.000342. The first kappa shape index (κ1) is 14.5. The maximum absolute atomic E-state index is 11.9. The van der Waals surface area contributed by atoms with Gasteiger partial charge in [0.15, 0.2) is 0 Å². The van der Waals surface area contributed by atoms with Gasteiger partial charge in [-0.1, -0.05) is 36.4 Å². The molecule has 0 saturated carbocycles. The van der Waals surface area contributed by atoms with Crippen molar-refractivity contribution in [1.29, 1.82) is 0 Å². The summed E-state index contributed by atoms with van der Waals surface area (Å²) < 4.78 is 0. The van der Waals surface area contributed by atoms with Crippen molar-refractivity contribution in [3.05, 3.63) is 59.7 Å². The van der Waals surface area contributed by atoms with Gasteiger partial charge in [-0.15, -0.1) is 11.8 Å². The Balaban J connectivity index is 1.82. The summed E-state index contributed by atoms with van der Waals surface area (Å²) in [5.74, 6) is 1.27. The van der Waals surface area contributed by atoms with E-state index in [-0.39, 0.29) is 5.91 Å². The van der Waals surface area contributed by atoms with Crippen LogP contribution in [0.1, 0.15) is 11.1 Å². The van der Waals surface area contributed by atoms with Crippen LogP contribution < -0.4 is 11.1 Å². The molecule has 4 heteroatoms. The number of anilines is 2. The molecule has 104 valence electrons. The quantitative estimate of drug-likeness (QED) is 0.828. The molecule has 0 saturated heterocycles. The third-order valence-electron chi connectivity index (χ3n) is 2.99. The van der Waals surface area contributed by atoms with E-state index in [2.05, 4.69) is 17.4 Å². The predicted octanol–water partition coefficient (Wildman–Crippen LogP) is 3.45. The summed E-state index contributed by atoms with van der Waals surface area (Å²) in [4.78, 5) is 11.9. The van der Waals surface area contributed by atoms with Crippen LogP contribution in [0.2, 0.25) is 0 Å². The summed E-state index contributed by atoms with van der Waals surface area (Å²) in [6.07, 6.45) is 0. The van der Waals surface area contributed by atoms with Crippen LogP contribution in [-0.2, 0) is 10.5 Å². The van der Waals surface area contributed by atoms with Crippen molar-refractivity contribution in [1.82, 2.24) is 0 Å². The van der Waals surface area contributed by atoms with Gasteiger partial charge in [-0.05, 0) is 30.2 Å². The zero-order valence-corrected chi connectivity index (χ0v) is 12.2. The highest BCUT2D eigenvalue weighted by Gasteiger charge is 2.06. The Kier molecular flexibility index (Phi) is 5.07. The first-order valence-electron chi connectivity index (χ1n) is 6.43. The monoisotopic (exact) mass is 286 g/mol. The van der Waals surface area contributed by atoms with Crippen LogP contribution in [0.15, 0.2) is 48.5 Å². The normalized spacial score (nSPS) is 10.2. The van der Waals surface area contributed by atoms with Crippen LogP contribution in [0.5, 0.6) is 0 Å². The second-order valence-electron chi connectivity index (χ2n) is 4.55. The molecule has 0 aliphatic rings. The molecule has 0 aliphatic heterocycles. The van der Waals surface area contributed by atoms with Gasteiger partial charge in [0.05, 0.1) is 5.75 Å². The second kappa shape index (κ2) is 7.01. The van der Waals surface area contributed by atoms with Crippen LogP contribution in [0, 0.1) is 6.92 Å². The zero-order valence-electron chi connectivity index (χ0n) is 11.4. The maximum atomic E-state index is 11.9. The molecule has 0 atom stereocenters. The number of amides is 1. The largest absolute Gasteiger partial charge is 0.398 e. The summed E-state index contributed by atoms with van der Waals surface area (Å²) in [6.45, 7) is 1.90. The summed E-state index contributed by atoms with van der Waals surface area (Å²) in [5, 5.41) is 2.90. The molecule has 2 rings (SSSR count). The molecule has 0 aliphatic carbocycles. The molecular weight excluding hydrogens is 268 g/mol. The molecule has 2 aromatic carbocycles. The van der Waals surface area contributed by atoms with Crippen LogP contribution in [0.4, 0.5) is 11.4 Å². The average molecular weight is 286 g/mol. The van der Waals surface area contributed by atoms with E-state index in [4.69, 9.17) is 5.73 Å². The van der Waals surface area contributed by atoms with Crippen LogP contribution >= 0.6 is 11.8 Å². The lowest BCUT2D eigenvalue weighted by Crippen LogP contribution is -2.15. The van der Waals surface area contributed by atoms with E-state index in [1.54, 1.807) is 11.8 Å². The van der Waals surface area contributed by atoms with Crippen molar-refractivity contribution in [3.8, 4) is 0 Å². The van der Waals surface area contributed by atoms with Gasteiger partial charge in [-0.3, -0.25) is 4.79 Å². The SMILES string of the molecule is Cc1c(N)cccc1NC(=O)CSCc1ccccc1. The van der Waals surface area contributed by atoms with E-state index in [1.807, 2.05) is 43.3 Å². The summed E-state index contributed by atoms with van der Waals surface area (Å²) in [6, 6.07) is 15.7. The van der Waals surface area contributed by atoms with E-state index >= 15 is 0 Å². The van der Waals surface area contributed by atoms with Gasteiger partial charge in [-0.25, -0.2) is 0 Å². The Morgan fingerprint density at radius 2 is 1.90 bits per heavy atom. The zero-order chi connectivity index (χ0) is 14.4. The van der Waals surface area contributed by atoms with Gasteiger partial charge in [0.25, 0.3) is 0 Å². The molecule has 20 heavy (non-hydrogen) atoms. The van der Waals surface area contributed by atoms with Gasteiger partial charge < -0.3 is 11.1 Å². The van der Waals surface area contributed by atoms with E-state index in [9.17, 15) is 4.79 Å². The number of nitrogens with one attached hydrogen (secondary N) is 1. The predicted molar refractivity (Wildman–Crippen MR) is 86.8 cm³/mol. The van der Waals surface area contributed by atoms with Crippen molar-refractivity contribution >= 4 is 29.0 Å². The number of nitrogen functional groups attached to an aromatic ring is 1. The first-order valence-corrected chi connectivity index (χ1v) is 7.59. The van der Waals surface area contributed by atoms with Crippen molar-refractivity contribution in [2.75, 3.05) is 16.8 Å². The third kappa shape index (κ3) is 4.03. The molecule has 0 bridgehead atoms. The number of thioether (sulfide) groups is 1. The van der Waals surface area contributed by atoms with Crippen molar-refractivity contribution in [2.45, 2.75) is 12.7 Å². The molecule has 0 heterocycles. The number of nitrogens with two attached hydrogens (primary N) is 1. The molecule has 0 unspecified atom stereocenters. The minimum Gasteiger partial charge on any atom is -0.398 e. The fourth-order valence-electron chi connectivity index (χ4n) is 1.81. The Morgan fingerprint density at radius 1 is 1.15 bits per heavy atom. The highest BCUT2D eigenvalue weighted by molar-refractivity contribution is 7.99. The lowest BCUT2D eigenvalue weighted by Gasteiger charge is -2.10. The second-order valence-corrected chi connectivity index (χ2v) is 5.53.